The smallest absolute Gasteiger partial charge is 0.223 e. The average molecular weight is 356 g/mol. The van der Waals surface area contributed by atoms with Crippen molar-refractivity contribution in [3.8, 4) is 0 Å². The van der Waals surface area contributed by atoms with Crippen molar-refractivity contribution in [3.63, 3.8) is 0 Å². The third-order valence-corrected chi connectivity index (χ3v) is 5.09. The van der Waals surface area contributed by atoms with Crippen LogP contribution in [0.2, 0.25) is 0 Å². The molecule has 1 aromatic carbocycles. The van der Waals surface area contributed by atoms with E-state index in [9.17, 15) is 4.79 Å². The van der Waals surface area contributed by atoms with Crippen LogP contribution in [0.4, 0.5) is 5.13 Å². The van der Waals surface area contributed by atoms with Gasteiger partial charge in [0.1, 0.15) is 0 Å². The normalized spacial score (nSPS) is 15.8. The van der Waals surface area contributed by atoms with Crippen LogP contribution in [0.15, 0.2) is 41.8 Å². The van der Waals surface area contributed by atoms with E-state index in [2.05, 4.69) is 34.2 Å². The predicted molar refractivity (Wildman–Crippen MR) is 103 cm³/mol. The second kappa shape index (κ2) is 8.78. The Kier molecular flexibility index (Phi) is 6.19. The topological polar surface area (TPSA) is 62.5 Å². The highest BCUT2D eigenvalue weighted by molar-refractivity contribution is 7.13. The molecule has 132 valence electrons. The molecule has 1 saturated heterocycles. The van der Waals surface area contributed by atoms with E-state index in [1.807, 2.05) is 28.5 Å². The van der Waals surface area contributed by atoms with Crippen LogP contribution in [0.5, 0.6) is 0 Å². The summed E-state index contributed by atoms with van der Waals surface area (Å²) in [6.45, 7) is 4.38. The van der Waals surface area contributed by atoms with E-state index >= 15 is 0 Å². The van der Waals surface area contributed by atoms with Gasteiger partial charge in [0.15, 0.2) is 5.13 Å². The number of carbonyl (C=O) groups is 1. The Morgan fingerprint density at radius 1 is 1.20 bits per heavy atom. The van der Waals surface area contributed by atoms with Gasteiger partial charge in [-0.3, -0.25) is 9.69 Å². The monoisotopic (exact) mass is 356 g/mol. The molecule has 1 aliphatic heterocycles. The summed E-state index contributed by atoms with van der Waals surface area (Å²) in [4.78, 5) is 20.9. The minimum atomic E-state index is 0.214. The minimum absolute atomic E-state index is 0.214. The molecular formula is C19H24N4OS. The zero-order valence-electron chi connectivity index (χ0n) is 14.3. The van der Waals surface area contributed by atoms with Crippen molar-refractivity contribution in [2.45, 2.75) is 12.8 Å². The number of hydrogen-bond acceptors (Lipinski definition) is 5. The Bertz CT molecular complexity index is 705. The van der Waals surface area contributed by atoms with Gasteiger partial charge in [0, 0.05) is 44.5 Å². The fourth-order valence-corrected chi connectivity index (χ4v) is 3.51. The fourth-order valence-electron chi connectivity index (χ4n) is 2.91. The van der Waals surface area contributed by atoms with Crippen molar-refractivity contribution in [3.05, 3.63) is 53.0 Å². The van der Waals surface area contributed by atoms with Gasteiger partial charge >= 0.3 is 0 Å². The first kappa shape index (κ1) is 17.6. The number of aromatic nitrogens is 1. The van der Waals surface area contributed by atoms with Gasteiger partial charge in [-0.15, -0.1) is 11.3 Å². The maximum atomic E-state index is 12.3. The van der Waals surface area contributed by atoms with Gasteiger partial charge in [0.2, 0.25) is 5.91 Å². The van der Waals surface area contributed by atoms with E-state index < -0.39 is 0 Å². The summed E-state index contributed by atoms with van der Waals surface area (Å²) in [5.74, 6) is 0.214. The first-order chi connectivity index (χ1) is 12.2. The third kappa shape index (κ3) is 5.41. The highest BCUT2D eigenvalue weighted by atomic mass is 32.1. The number of aryl methyl sites for hydroxylation is 1. The molecule has 25 heavy (non-hydrogen) atoms. The number of anilines is 1. The number of amides is 1. The lowest BCUT2D eigenvalue weighted by Gasteiger charge is -2.34. The van der Waals surface area contributed by atoms with Crippen LogP contribution in [0.25, 0.3) is 6.08 Å². The zero-order valence-corrected chi connectivity index (χ0v) is 15.1. The SMILES string of the molecule is Nc1nc(CCC(=O)N2CCN(C/C=C/c3ccccc3)CC2)cs1. The van der Waals surface area contributed by atoms with Crippen LogP contribution in [-0.4, -0.2) is 53.4 Å². The number of benzene rings is 1. The molecule has 0 spiro atoms. The Morgan fingerprint density at radius 3 is 2.64 bits per heavy atom. The lowest BCUT2D eigenvalue weighted by Crippen LogP contribution is -2.48. The first-order valence-electron chi connectivity index (χ1n) is 8.62. The largest absolute Gasteiger partial charge is 0.375 e. The third-order valence-electron chi connectivity index (χ3n) is 4.36. The van der Waals surface area contributed by atoms with Gasteiger partial charge < -0.3 is 10.6 Å². The van der Waals surface area contributed by atoms with E-state index in [0.29, 0.717) is 18.0 Å². The molecular weight excluding hydrogens is 332 g/mol. The van der Waals surface area contributed by atoms with Crippen molar-refractivity contribution < 1.29 is 4.79 Å². The molecule has 6 heteroatoms. The van der Waals surface area contributed by atoms with Crippen LogP contribution >= 0.6 is 11.3 Å². The Hall–Kier alpha value is -2.18. The van der Waals surface area contributed by atoms with E-state index in [0.717, 1.165) is 38.4 Å². The molecule has 1 fully saturated rings. The Balaban J connectivity index is 1.37. The summed E-state index contributed by atoms with van der Waals surface area (Å²) in [6, 6.07) is 10.3. The van der Waals surface area contributed by atoms with Crippen molar-refractivity contribution in [1.29, 1.82) is 0 Å². The molecule has 2 heterocycles. The number of piperazine rings is 1. The number of nitrogens with two attached hydrogens (primary N) is 1. The number of nitrogen functional groups attached to an aromatic ring is 1. The maximum absolute atomic E-state index is 12.3. The van der Waals surface area contributed by atoms with Crippen LogP contribution in [0.1, 0.15) is 17.7 Å². The summed E-state index contributed by atoms with van der Waals surface area (Å²) >= 11 is 1.43. The lowest BCUT2D eigenvalue weighted by atomic mass is 10.2. The van der Waals surface area contributed by atoms with Crippen LogP contribution in [0.3, 0.4) is 0 Å². The van der Waals surface area contributed by atoms with E-state index in [-0.39, 0.29) is 5.91 Å². The number of thiazole rings is 1. The maximum Gasteiger partial charge on any atom is 0.223 e. The van der Waals surface area contributed by atoms with Gasteiger partial charge in [-0.1, -0.05) is 42.5 Å². The number of hydrogen-bond donors (Lipinski definition) is 1. The summed E-state index contributed by atoms with van der Waals surface area (Å²) in [7, 11) is 0. The number of carbonyl (C=O) groups excluding carboxylic acids is 1. The van der Waals surface area contributed by atoms with Crippen molar-refractivity contribution >= 4 is 28.5 Å². The van der Waals surface area contributed by atoms with Gasteiger partial charge in [0.25, 0.3) is 0 Å². The second-order valence-corrected chi connectivity index (χ2v) is 7.06. The van der Waals surface area contributed by atoms with Crippen LogP contribution in [0, 0.1) is 0 Å². The highest BCUT2D eigenvalue weighted by Gasteiger charge is 2.20. The standard InChI is InChI=1S/C19H24N4OS/c20-19-21-17(15-25-19)8-9-18(24)23-13-11-22(12-14-23)10-4-7-16-5-2-1-3-6-16/h1-7,15H,8-14H2,(H2,20,21)/b7-4+. The zero-order chi connectivity index (χ0) is 17.5. The summed E-state index contributed by atoms with van der Waals surface area (Å²) in [5.41, 5.74) is 7.76. The molecule has 0 saturated carbocycles. The second-order valence-electron chi connectivity index (χ2n) is 6.17. The molecule has 1 aliphatic rings. The fraction of sp³-hybridized carbons (Fsp3) is 0.368. The molecule has 1 aromatic heterocycles. The van der Waals surface area contributed by atoms with E-state index in [1.165, 1.54) is 16.9 Å². The number of nitrogens with zero attached hydrogens (tertiary/aromatic N) is 3. The van der Waals surface area contributed by atoms with Gasteiger partial charge in [0.05, 0.1) is 5.69 Å². The highest BCUT2D eigenvalue weighted by Crippen LogP contribution is 2.13. The Morgan fingerprint density at radius 2 is 1.96 bits per heavy atom. The predicted octanol–water partition coefficient (Wildman–Crippen LogP) is 2.52. The number of rotatable bonds is 6. The van der Waals surface area contributed by atoms with Crippen LogP contribution in [-0.2, 0) is 11.2 Å². The molecule has 0 bridgehead atoms. The van der Waals surface area contributed by atoms with Gasteiger partial charge in [-0.05, 0) is 12.0 Å². The molecule has 2 N–H and O–H groups in total. The quantitative estimate of drug-likeness (QED) is 0.864. The summed E-state index contributed by atoms with van der Waals surface area (Å²) < 4.78 is 0. The molecule has 0 atom stereocenters. The molecule has 0 unspecified atom stereocenters. The summed E-state index contributed by atoms with van der Waals surface area (Å²) in [6.07, 6.45) is 5.53. The summed E-state index contributed by atoms with van der Waals surface area (Å²) in [5, 5.41) is 2.50. The molecule has 5 nitrogen and oxygen atoms in total. The van der Waals surface area contributed by atoms with Crippen molar-refractivity contribution in [1.82, 2.24) is 14.8 Å². The Labute approximate surface area is 152 Å². The molecule has 0 aliphatic carbocycles. The minimum Gasteiger partial charge on any atom is -0.375 e. The van der Waals surface area contributed by atoms with Gasteiger partial charge in [-0.25, -0.2) is 4.98 Å². The van der Waals surface area contributed by atoms with Crippen LogP contribution < -0.4 is 5.73 Å². The van der Waals surface area contributed by atoms with E-state index in [4.69, 9.17) is 5.73 Å². The average Bonchev–Trinajstić information content (AvgIpc) is 3.06. The molecule has 0 radical (unpaired) electrons. The van der Waals surface area contributed by atoms with E-state index in [1.54, 1.807) is 0 Å². The molecule has 1 amide bonds. The lowest BCUT2D eigenvalue weighted by molar-refractivity contribution is -0.132. The van der Waals surface area contributed by atoms with Crippen molar-refractivity contribution in [2.75, 3.05) is 38.5 Å². The molecule has 3 rings (SSSR count). The van der Waals surface area contributed by atoms with Gasteiger partial charge in [-0.2, -0.15) is 0 Å². The van der Waals surface area contributed by atoms with Crippen molar-refractivity contribution in [2.24, 2.45) is 0 Å². The first-order valence-corrected chi connectivity index (χ1v) is 9.50. The molecule has 2 aromatic rings.